The summed E-state index contributed by atoms with van der Waals surface area (Å²) in [6.45, 7) is 18.7. The molecule has 30 heteroatoms. The van der Waals surface area contributed by atoms with Gasteiger partial charge in [0.1, 0.15) is 0 Å². The fourth-order valence-corrected chi connectivity index (χ4v) is 24.0. The fraction of sp³-hybridized carbons (Fsp3) is 0.343. The van der Waals surface area contributed by atoms with Crippen LogP contribution in [0.15, 0.2) is 152 Å². The highest BCUT2D eigenvalue weighted by molar-refractivity contribution is 7.99. The van der Waals surface area contributed by atoms with Gasteiger partial charge < -0.3 is 48.3 Å². The third-order valence-corrected chi connectivity index (χ3v) is 31.6. The van der Waals surface area contributed by atoms with Crippen molar-refractivity contribution in [1.29, 1.82) is 0 Å². The topological polar surface area (TPSA) is 342 Å². The number of primary amides is 2. The van der Waals surface area contributed by atoms with Crippen LogP contribution in [0.5, 0.6) is 0 Å². The van der Waals surface area contributed by atoms with Crippen LogP contribution in [-0.2, 0) is 32.1 Å². The van der Waals surface area contributed by atoms with E-state index in [0.29, 0.717) is 46.7 Å². The Morgan fingerprint density at radius 1 is 0.341 bits per heavy atom. The van der Waals surface area contributed by atoms with Crippen LogP contribution in [0.4, 0.5) is 0 Å². The predicted octanol–water partition coefficient (Wildman–Crippen LogP) is 16.9. The number of nitrogens with zero attached hydrogens (tertiary/aromatic N) is 11. The lowest BCUT2D eigenvalue weighted by Crippen LogP contribution is -2.23. The summed E-state index contributed by atoms with van der Waals surface area (Å²) >= 11 is 10.0. The number of carbonyl (C=O) groups is 5. The van der Waals surface area contributed by atoms with Gasteiger partial charge in [-0.05, 0) is 250 Å². The molecule has 5 saturated heterocycles. The molecule has 0 spiro atoms. The molecule has 5 unspecified atom stereocenters. The summed E-state index contributed by atoms with van der Waals surface area (Å²) in [5.74, 6) is 3.88. The Bertz CT molecular complexity index is 6230. The van der Waals surface area contributed by atoms with Crippen LogP contribution in [0.25, 0.3) is 103 Å². The van der Waals surface area contributed by atoms with E-state index in [0.717, 1.165) is 230 Å². The summed E-state index contributed by atoms with van der Waals surface area (Å²) in [5.41, 5.74) is 29.7. The molecular weight excluding hydrogens is 1730 g/mol. The lowest BCUT2D eigenvalue weighted by molar-refractivity contribution is 0.0821. The molecule has 5 fully saturated rings. The molecule has 24 nitrogen and oxygen atoms in total. The fourth-order valence-electron chi connectivity index (χ4n) is 16.9. The summed E-state index contributed by atoms with van der Waals surface area (Å²) < 4.78 is 4.50. The second kappa shape index (κ2) is 41.7. The zero-order chi connectivity index (χ0) is 89.9. The highest BCUT2D eigenvalue weighted by Gasteiger charge is 2.30. The number of rotatable bonds is 20. The van der Waals surface area contributed by atoms with Crippen molar-refractivity contribution in [3.05, 3.63) is 236 Å². The van der Waals surface area contributed by atoms with E-state index in [9.17, 15) is 24.0 Å². The molecule has 5 aromatic carbocycles. The number of hydrogen-bond acceptors (Lipinski definition) is 25. The molecule has 0 bridgehead atoms. The molecule has 10 N–H and O–H groups in total. The summed E-state index contributed by atoms with van der Waals surface area (Å²) in [5, 5.41) is 67.4. The van der Waals surface area contributed by atoms with Crippen molar-refractivity contribution in [1.82, 2.24) is 87.8 Å². The zero-order valence-corrected chi connectivity index (χ0v) is 78.9. The quantitative estimate of drug-likeness (QED) is 0.0351. The van der Waals surface area contributed by atoms with Crippen LogP contribution in [0, 0.1) is 64.2 Å². The van der Waals surface area contributed by atoms with Crippen molar-refractivity contribution in [2.75, 3.05) is 92.1 Å². The smallest absolute Gasteiger partial charge is 0.275 e. The van der Waals surface area contributed by atoms with Crippen LogP contribution < -0.4 is 43.4 Å². The van der Waals surface area contributed by atoms with Gasteiger partial charge in [-0.3, -0.25) is 24.0 Å². The molecule has 0 radical (unpaired) electrons. The van der Waals surface area contributed by atoms with E-state index in [1.807, 2.05) is 11.8 Å². The first-order chi connectivity index (χ1) is 62.6. The third-order valence-electron chi connectivity index (χ3n) is 24.4. The molecule has 15 aromatic rings. The van der Waals surface area contributed by atoms with Crippen molar-refractivity contribution in [3.63, 3.8) is 0 Å². The minimum absolute atomic E-state index is 0.0983. The van der Waals surface area contributed by atoms with Crippen LogP contribution in [0.2, 0.25) is 0 Å². The molecule has 129 heavy (non-hydrogen) atoms. The molecule has 0 saturated carbocycles. The molecule has 5 aliphatic rings. The van der Waals surface area contributed by atoms with E-state index in [4.69, 9.17) is 11.5 Å². The Balaban J connectivity index is 0.000000118. The van der Waals surface area contributed by atoms with Gasteiger partial charge in [-0.1, -0.05) is 149 Å². The van der Waals surface area contributed by atoms with E-state index < -0.39 is 11.8 Å². The highest BCUT2D eigenvalue weighted by atomic mass is 32.2. The maximum absolute atomic E-state index is 12.6. The standard InChI is InChI=1S/C21H24N4OS.C20H22N4OS.C20H21N3OS2.2C19H20N4OS/c1-13-4-6-15(7-5-13)18-11-16-17(10-14-8-9-22-12-14)23-24-19(20(16)27-18)21(26)25(2)3;1-12-3-5-14(6-4-12)17-10-15-16(9-13-7-8-22-11-13)23-24-18(19(15)26-17)20(25)21-2;1-12-3-5-14(6-4-12)17-10-15-16(9-13-7-8-25-11-13)22-23-18(19(15)26-17)20(24)21-2;2*1-11-2-4-13(5-3-11)16-9-14-15(8-12-6-7-21-10-12)22-23-17(19(20)24)18(14)25-16/h4-7,11,14,22H,8-10,12H2,1-3H3;3-6,10,13,22H,7-9,11H2,1-2H3,(H,21,25);3-6,10,13H,7-9,11H2,1-2H3,(H,21,24);2*2-5,9,12,21H,6-8,10H2,1H3,(H2,20,24). The van der Waals surface area contributed by atoms with E-state index in [2.05, 4.69) is 269 Å². The molecule has 15 heterocycles. The first-order valence-electron chi connectivity index (χ1n) is 44.0. The minimum Gasteiger partial charge on any atom is -0.364 e. The number of thioether (sulfide) groups is 1. The molecule has 664 valence electrons. The van der Waals surface area contributed by atoms with Gasteiger partial charge in [-0.2, -0.15) is 37.3 Å². The number of fused-ring (bicyclic) bond motifs is 5. The van der Waals surface area contributed by atoms with Crippen molar-refractivity contribution in [2.24, 2.45) is 41.1 Å². The van der Waals surface area contributed by atoms with Gasteiger partial charge in [0.15, 0.2) is 28.5 Å². The number of nitrogens with one attached hydrogen (secondary N) is 6. The molecule has 10 aromatic heterocycles. The first-order valence-corrected chi connectivity index (χ1v) is 49.3. The lowest BCUT2D eigenvalue weighted by Gasteiger charge is -2.12. The Morgan fingerprint density at radius 3 is 0.806 bits per heavy atom. The van der Waals surface area contributed by atoms with Crippen LogP contribution in [-0.4, -0.2) is 177 Å². The Labute approximate surface area is 774 Å². The van der Waals surface area contributed by atoms with Gasteiger partial charge in [-0.25, -0.2) is 0 Å². The van der Waals surface area contributed by atoms with E-state index in [-0.39, 0.29) is 29.1 Å². The summed E-state index contributed by atoms with van der Waals surface area (Å²) in [6.07, 6.45) is 10.3. The van der Waals surface area contributed by atoms with Gasteiger partial charge in [0, 0.05) is 79.5 Å². The molecule has 0 aliphatic carbocycles. The SMILES string of the molecule is CNC(=O)c1nnc(CC2CCNC2)c2cc(-c3ccc(C)cc3)sc12.CNC(=O)c1nnc(CC2CCSC2)c2cc(-c3ccc(C)cc3)sc12.Cc1ccc(-c2cc3c(CC4CCNC4)nnc(C(=O)N(C)C)c3s2)cc1.Cc1ccc(-c2cc3c(CC4CCNC4)nnc(C(N)=O)c3s2)cc1.Cc1ccc(-c2cc3c(CC4CCNC4)nnc(C(N)=O)c3s2)cc1. The molecular formula is C99H107N19O5S6. The van der Waals surface area contributed by atoms with Crippen LogP contribution in [0.3, 0.4) is 0 Å². The van der Waals surface area contributed by atoms with Gasteiger partial charge >= 0.3 is 0 Å². The minimum atomic E-state index is -0.524. The first kappa shape index (κ1) is 91.2. The van der Waals surface area contributed by atoms with Gasteiger partial charge in [0.2, 0.25) is 0 Å². The number of nitrogens with two attached hydrogens (primary N) is 2. The maximum Gasteiger partial charge on any atom is 0.275 e. The van der Waals surface area contributed by atoms with Crippen molar-refractivity contribution in [2.45, 2.75) is 98.8 Å². The second-order valence-corrected chi connectivity index (χ2v) is 40.8. The number of thiophene rings is 5. The third kappa shape index (κ3) is 21.6. The highest BCUT2D eigenvalue weighted by Crippen LogP contribution is 2.44. The summed E-state index contributed by atoms with van der Waals surface area (Å²) in [6, 6.07) is 53.1. The second-order valence-electron chi connectivity index (χ2n) is 34.3. The van der Waals surface area contributed by atoms with Crippen molar-refractivity contribution in [3.8, 4) is 52.2 Å². The zero-order valence-electron chi connectivity index (χ0n) is 74.0. The normalized spacial score (nSPS) is 17.0. The van der Waals surface area contributed by atoms with Crippen LogP contribution in [0.1, 0.15) is 141 Å². The van der Waals surface area contributed by atoms with Gasteiger partial charge in [-0.15, -0.1) is 82.2 Å². The number of amides is 5. The molecule has 5 amide bonds. The molecule has 20 rings (SSSR count). The van der Waals surface area contributed by atoms with E-state index in [1.165, 1.54) is 56.9 Å². The summed E-state index contributed by atoms with van der Waals surface area (Å²) in [4.78, 5) is 67.9. The predicted molar refractivity (Wildman–Crippen MR) is 528 cm³/mol. The Kier molecular flexibility index (Phi) is 29.5. The van der Waals surface area contributed by atoms with Crippen molar-refractivity contribution < 1.29 is 24.0 Å². The average molecular weight is 1840 g/mol. The Morgan fingerprint density at radius 2 is 0.581 bits per heavy atom. The number of carbonyl (C=O) groups excluding carboxylic acids is 5. The number of aryl methyl sites for hydroxylation is 5. The van der Waals surface area contributed by atoms with Crippen LogP contribution >= 0.6 is 68.4 Å². The number of aromatic nitrogens is 10. The average Bonchev–Trinajstić information content (AvgIpc) is 1.64. The van der Waals surface area contributed by atoms with E-state index >= 15 is 0 Å². The monoisotopic (exact) mass is 1830 g/mol. The van der Waals surface area contributed by atoms with Gasteiger partial charge in [0.05, 0.1) is 52.0 Å². The lowest BCUT2D eigenvalue weighted by atomic mass is 10.00. The maximum atomic E-state index is 12.6. The van der Waals surface area contributed by atoms with E-state index in [1.54, 1.807) is 89.8 Å². The molecule has 5 aliphatic heterocycles. The molecule has 5 atom stereocenters. The number of hydrogen-bond donors (Lipinski definition) is 8. The van der Waals surface area contributed by atoms with Crippen molar-refractivity contribution >= 4 is 148 Å². The van der Waals surface area contributed by atoms with Gasteiger partial charge in [0.25, 0.3) is 29.5 Å². The summed E-state index contributed by atoms with van der Waals surface area (Å²) in [7, 11) is 6.77. The number of benzene rings is 5. The Hall–Kier alpha value is -11.2. The largest absolute Gasteiger partial charge is 0.364 e.